The quantitative estimate of drug-likeness (QED) is 0.654. The van der Waals surface area contributed by atoms with Crippen molar-refractivity contribution in [2.24, 2.45) is 0 Å². The van der Waals surface area contributed by atoms with Gasteiger partial charge in [0.15, 0.2) is 0 Å². The van der Waals surface area contributed by atoms with Gasteiger partial charge in [0, 0.05) is 11.5 Å². The Morgan fingerprint density at radius 1 is 1.44 bits per heavy atom. The van der Waals surface area contributed by atoms with Crippen LogP contribution in [0.4, 0.5) is 0 Å². The van der Waals surface area contributed by atoms with Crippen molar-refractivity contribution in [2.75, 3.05) is 17.8 Å². The van der Waals surface area contributed by atoms with Crippen LogP contribution in [-0.2, 0) is 0 Å². The van der Waals surface area contributed by atoms with E-state index < -0.39 is 8.46 Å². The fourth-order valence-electron chi connectivity index (χ4n) is 0.367. The Hall–Kier alpha value is 1.57. The summed E-state index contributed by atoms with van der Waals surface area (Å²) >= 11 is 0. The third-order valence-corrected chi connectivity index (χ3v) is 3.56. The van der Waals surface area contributed by atoms with Crippen molar-refractivity contribution < 1.29 is 0 Å². The Morgan fingerprint density at radius 2 is 2.00 bits per heavy atom. The third kappa shape index (κ3) is 9.57. The molecule has 0 nitrogen and oxygen atoms in total. The normalized spacial score (nSPS) is 13.8. The van der Waals surface area contributed by atoms with Gasteiger partial charge < -0.3 is 0 Å². The van der Waals surface area contributed by atoms with Crippen LogP contribution in [0, 0.1) is 0 Å². The topological polar surface area (TPSA) is 0 Å². The number of hydrogen-bond donors (Lipinski definition) is 0. The number of rotatable bonds is 4. The lowest BCUT2D eigenvalue weighted by atomic mass is 10.6. The fourth-order valence-corrected chi connectivity index (χ4v) is 2.44. The van der Waals surface area contributed by atoms with E-state index in [4.69, 9.17) is 32.0 Å². The zero-order chi connectivity index (χ0) is 7.33. The molecule has 0 unspecified atom stereocenters. The molecular weight excluding hydrogens is 219 g/mol. The van der Waals surface area contributed by atoms with Crippen LogP contribution < -0.4 is 0 Å². The second kappa shape index (κ2) is 5.25. The molecule has 0 fully saturated rings. The summed E-state index contributed by atoms with van der Waals surface area (Å²) in [6.07, 6.45) is 2.88. The lowest BCUT2D eigenvalue weighted by Gasteiger charge is -2.16. The van der Waals surface area contributed by atoms with Crippen LogP contribution >= 0.6 is 51.5 Å². The Bertz CT molecular complexity index is 70.7. The summed E-state index contributed by atoms with van der Waals surface area (Å²) in [4.78, 5) is 0. The molecule has 0 atom stereocenters. The van der Waals surface area contributed by atoms with Gasteiger partial charge in [-0.05, 0) is 23.4 Å². The van der Waals surface area contributed by atoms with Gasteiger partial charge in [-0.3, -0.25) is 0 Å². The predicted molar refractivity (Wildman–Crippen MR) is 53.0 cm³/mol. The molecule has 0 saturated heterocycles. The molecule has 0 aromatic heterocycles. The molecule has 0 spiro atoms. The molecule has 9 heavy (non-hydrogen) atoms. The van der Waals surface area contributed by atoms with Gasteiger partial charge in [-0.1, -0.05) is 40.8 Å². The maximum atomic E-state index is 5.77. The van der Waals surface area contributed by atoms with Crippen LogP contribution in [0.2, 0.25) is 0 Å². The standard InChI is InChI=1S/C4H9Cl3S2/c1-9(6,7)4-2-3-8-5/h2-4H2,1H3. The van der Waals surface area contributed by atoms with Crippen molar-refractivity contribution in [2.45, 2.75) is 6.42 Å². The molecular formula is C4H9Cl3S2. The minimum absolute atomic E-state index is 0.885. The molecule has 5 heteroatoms. The highest BCUT2D eigenvalue weighted by molar-refractivity contribution is 8.65. The zero-order valence-electron chi connectivity index (χ0n) is 5.07. The van der Waals surface area contributed by atoms with Crippen molar-refractivity contribution in [3.05, 3.63) is 0 Å². The van der Waals surface area contributed by atoms with Gasteiger partial charge in [-0.15, -0.1) is 0 Å². The van der Waals surface area contributed by atoms with E-state index in [0.717, 1.165) is 17.9 Å². The third-order valence-electron chi connectivity index (χ3n) is 0.724. The van der Waals surface area contributed by atoms with E-state index in [1.54, 1.807) is 0 Å². The summed E-state index contributed by atoms with van der Waals surface area (Å²) in [5.41, 5.74) is 0. The van der Waals surface area contributed by atoms with Gasteiger partial charge in [-0.25, -0.2) is 0 Å². The summed E-state index contributed by atoms with van der Waals surface area (Å²) < 4.78 is 0. The van der Waals surface area contributed by atoms with Crippen molar-refractivity contribution in [3.8, 4) is 0 Å². The summed E-state index contributed by atoms with van der Waals surface area (Å²) in [6.45, 7) is 0. The molecule has 0 heterocycles. The maximum Gasteiger partial charge on any atom is 0.00933 e. The van der Waals surface area contributed by atoms with Gasteiger partial charge in [0.25, 0.3) is 0 Å². The number of halogens is 3. The minimum Gasteiger partial charge on any atom is -0.0872 e. The first kappa shape index (κ1) is 10.6. The van der Waals surface area contributed by atoms with E-state index in [-0.39, 0.29) is 0 Å². The minimum atomic E-state index is -1.32. The van der Waals surface area contributed by atoms with Crippen LogP contribution in [-0.4, -0.2) is 17.8 Å². The summed E-state index contributed by atoms with van der Waals surface area (Å²) in [6, 6.07) is 0. The lowest BCUT2D eigenvalue weighted by Crippen LogP contribution is -1.89. The second-order valence-electron chi connectivity index (χ2n) is 1.74. The zero-order valence-corrected chi connectivity index (χ0v) is 8.97. The van der Waals surface area contributed by atoms with E-state index in [2.05, 4.69) is 0 Å². The summed E-state index contributed by atoms with van der Waals surface area (Å²) in [7, 11) is 16.9. The van der Waals surface area contributed by atoms with Crippen LogP contribution in [0.1, 0.15) is 6.42 Å². The molecule has 0 bridgehead atoms. The van der Waals surface area contributed by atoms with Crippen molar-refractivity contribution in [3.63, 3.8) is 0 Å². The first-order valence-corrected chi connectivity index (χ1v) is 8.12. The van der Waals surface area contributed by atoms with Gasteiger partial charge in [0.05, 0.1) is 0 Å². The molecule has 0 aliphatic carbocycles. The van der Waals surface area contributed by atoms with E-state index in [1.807, 2.05) is 6.26 Å². The van der Waals surface area contributed by atoms with Gasteiger partial charge in [0.2, 0.25) is 0 Å². The number of hydrogen-bond acceptors (Lipinski definition) is 1. The van der Waals surface area contributed by atoms with Gasteiger partial charge in [0.1, 0.15) is 0 Å². The Kier molecular flexibility index (Phi) is 6.17. The first-order valence-electron chi connectivity index (χ1n) is 2.45. The maximum absolute atomic E-state index is 5.77. The highest BCUT2D eigenvalue weighted by atomic mass is 36.0. The molecule has 58 valence electrons. The predicted octanol–water partition coefficient (Wildman–Crippen LogP) is 4.01. The second-order valence-corrected chi connectivity index (χ2v) is 9.74. The van der Waals surface area contributed by atoms with Crippen molar-refractivity contribution in [1.82, 2.24) is 0 Å². The summed E-state index contributed by atoms with van der Waals surface area (Å²) in [5, 5.41) is 0. The van der Waals surface area contributed by atoms with E-state index >= 15 is 0 Å². The molecule has 0 amide bonds. The Labute approximate surface area is 75.4 Å². The molecule has 0 aliphatic heterocycles. The molecule has 0 saturated carbocycles. The SMILES string of the molecule is CS(Cl)(Cl)CCCSCl. The molecule has 0 rings (SSSR count). The van der Waals surface area contributed by atoms with Crippen molar-refractivity contribution in [1.29, 1.82) is 0 Å². The van der Waals surface area contributed by atoms with E-state index in [9.17, 15) is 0 Å². The highest BCUT2D eigenvalue weighted by Gasteiger charge is 2.07. The van der Waals surface area contributed by atoms with Gasteiger partial charge in [-0.2, -0.15) is 0 Å². The van der Waals surface area contributed by atoms with Crippen LogP contribution in [0.5, 0.6) is 0 Å². The molecule has 0 aromatic carbocycles. The monoisotopic (exact) mass is 226 g/mol. The van der Waals surface area contributed by atoms with E-state index in [0.29, 0.717) is 0 Å². The molecule has 0 N–H and O–H groups in total. The van der Waals surface area contributed by atoms with Crippen LogP contribution in [0.15, 0.2) is 0 Å². The first-order chi connectivity index (χ1) is 4.06. The largest absolute Gasteiger partial charge is 0.0872 e. The van der Waals surface area contributed by atoms with Gasteiger partial charge >= 0.3 is 0 Å². The lowest BCUT2D eigenvalue weighted by molar-refractivity contribution is 1.13. The van der Waals surface area contributed by atoms with Crippen LogP contribution in [0.25, 0.3) is 0 Å². The smallest absolute Gasteiger partial charge is 0.00933 e. The molecule has 0 aromatic rings. The molecule has 0 aliphatic rings. The Morgan fingerprint density at radius 3 is 2.33 bits per heavy atom. The Balaban J connectivity index is 3.07. The molecule has 0 radical (unpaired) electrons. The average Bonchev–Trinajstić information content (AvgIpc) is 1.63. The van der Waals surface area contributed by atoms with Crippen LogP contribution in [0.3, 0.4) is 0 Å². The summed E-state index contributed by atoms with van der Waals surface area (Å²) in [5.74, 6) is 1.82. The fraction of sp³-hybridized carbons (Fsp3) is 1.00. The van der Waals surface area contributed by atoms with Crippen molar-refractivity contribution >= 4 is 51.5 Å². The average molecular weight is 228 g/mol. The highest BCUT2D eigenvalue weighted by Crippen LogP contribution is 2.55. The van der Waals surface area contributed by atoms with E-state index in [1.165, 1.54) is 11.0 Å².